The van der Waals surface area contributed by atoms with Gasteiger partial charge < -0.3 is 30.6 Å². The molecule has 55 heavy (non-hydrogen) atoms. The van der Waals surface area contributed by atoms with E-state index in [1.54, 1.807) is 12.1 Å². The number of nitrogens with one attached hydrogen (secondary N) is 3. The second-order valence-electron chi connectivity index (χ2n) is 15.4. The molecular weight excluding hydrogens is 689 g/mol. The molecule has 0 spiro atoms. The number of carbonyl (C=O) groups excluding carboxylic acids is 1. The number of H-pyrrole nitrogens is 1. The summed E-state index contributed by atoms with van der Waals surface area (Å²) in [5.41, 5.74) is 4.93. The third kappa shape index (κ3) is 9.65. The maximum Gasteiger partial charge on any atom is 0.252 e. The van der Waals surface area contributed by atoms with Crippen molar-refractivity contribution in [2.24, 2.45) is 5.92 Å². The number of phenols is 1. The van der Waals surface area contributed by atoms with Gasteiger partial charge in [0.1, 0.15) is 11.5 Å². The van der Waals surface area contributed by atoms with E-state index >= 15 is 0 Å². The van der Waals surface area contributed by atoms with Gasteiger partial charge in [-0.3, -0.25) is 14.5 Å². The fourth-order valence-electron chi connectivity index (χ4n) is 8.57. The topological polar surface area (TPSA) is 127 Å². The fourth-order valence-corrected chi connectivity index (χ4v) is 8.57. The first-order valence-electron chi connectivity index (χ1n) is 20.0. The third-order valence-electron chi connectivity index (χ3n) is 11.5. The van der Waals surface area contributed by atoms with Crippen LogP contribution >= 0.6 is 0 Å². The Morgan fingerprint density at radius 2 is 1.71 bits per heavy atom. The number of carbonyl (C=O) groups is 1. The summed E-state index contributed by atoms with van der Waals surface area (Å²) in [7, 11) is 0. The summed E-state index contributed by atoms with van der Waals surface area (Å²) in [5, 5.41) is 28.4. The van der Waals surface area contributed by atoms with Crippen LogP contribution in [0.1, 0.15) is 90.1 Å². The zero-order valence-corrected chi connectivity index (χ0v) is 31.6. The van der Waals surface area contributed by atoms with Crippen molar-refractivity contribution in [3.05, 3.63) is 141 Å². The average molecular weight is 743 g/mol. The number of aromatic amines is 1. The molecule has 1 aliphatic carbocycles. The molecule has 9 heteroatoms. The van der Waals surface area contributed by atoms with Gasteiger partial charge in [0, 0.05) is 30.1 Å². The van der Waals surface area contributed by atoms with E-state index in [9.17, 15) is 19.8 Å². The van der Waals surface area contributed by atoms with Crippen LogP contribution in [0.3, 0.4) is 0 Å². The summed E-state index contributed by atoms with van der Waals surface area (Å²) in [4.78, 5) is 30.8. The van der Waals surface area contributed by atoms with E-state index in [2.05, 4.69) is 75.1 Å². The maximum atomic E-state index is 14.0. The number of aliphatic hydroxyl groups excluding tert-OH is 1. The molecule has 2 unspecified atom stereocenters. The molecule has 1 saturated heterocycles. The number of fused-ring (bicyclic) bond motifs is 2. The Kier molecular flexibility index (Phi) is 12.6. The molecule has 0 saturated carbocycles. The van der Waals surface area contributed by atoms with E-state index in [-0.39, 0.29) is 22.8 Å². The number of unbranched alkanes of at least 4 members (excludes halogenated alkanes) is 3. The lowest BCUT2D eigenvalue weighted by atomic mass is 9.78. The van der Waals surface area contributed by atoms with Gasteiger partial charge in [0.25, 0.3) is 5.91 Å². The number of aromatic hydroxyl groups is 1. The molecule has 0 bridgehead atoms. The maximum absolute atomic E-state index is 14.0. The van der Waals surface area contributed by atoms with Crippen LogP contribution in [0, 0.1) is 5.92 Å². The Labute approximate surface area is 323 Å². The molecule has 5 aromatic rings. The average Bonchev–Trinajstić information content (AvgIpc) is 3.56. The van der Waals surface area contributed by atoms with Crippen molar-refractivity contribution in [2.75, 3.05) is 32.8 Å². The first-order chi connectivity index (χ1) is 26.9. The minimum Gasteiger partial charge on any atom is -0.506 e. The molecule has 1 aromatic heterocycles. The van der Waals surface area contributed by atoms with Crippen molar-refractivity contribution in [1.82, 2.24) is 20.5 Å². The highest BCUT2D eigenvalue weighted by atomic mass is 16.5. The highest BCUT2D eigenvalue weighted by Crippen LogP contribution is 2.43. The standard InChI is InChI=1S/C46H54N4O5/c51-41-19-17-38(39-18-20-43(53)48-44(39)41)42(52)31-47-25-8-1-2-9-28-55-37-15-10-14-36(29-37)45(54)49-46(24-21-35-13-6-7-16-40(35)46)30-33-22-26-50(27-23-33)32-34-11-4-3-5-12-34/h3-7,10-20,29,33,42,47,51-52H,1-2,8-9,21-28,30-32H2,(H,48,53)(H,49,54). The van der Waals surface area contributed by atoms with Crippen LogP contribution < -0.4 is 20.9 Å². The van der Waals surface area contributed by atoms with Crippen molar-refractivity contribution in [3.8, 4) is 11.5 Å². The van der Waals surface area contributed by atoms with E-state index in [0.717, 1.165) is 84.0 Å². The minimum absolute atomic E-state index is 0.0187. The van der Waals surface area contributed by atoms with Gasteiger partial charge in [0.15, 0.2) is 0 Å². The molecule has 1 fully saturated rings. The Hall–Kier alpha value is -4.96. The summed E-state index contributed by atoms with van der Waals surface area (Å²) >= 11 is 0. The van der Waals surface area contributed by atoms with Gasteiger partial charge in [-0.15, -0.1) is 0 Å². The van der Waals surface area contributed by atoms with Crippen LogP contribution in [0.5, 0.6) is 11.5 Å². The number of aromatic nitrogens is 1. The highest BCUT2D eigenvalue weighted by molar-refractivity contribution is 5.95. The molecule has 288 valence electrons. The third-order valence-corrected chi connectivity index (χ3v) is 11.5. The van der Waals surface area contributed by atoms with Crippen molar-refractivity contribution >= 4 is 16.8 Å². The lowest BCUT2D eigenvalue weighted by Crippen LogP contribution is -2.47. The van der Waals surface area contributed by atoms with Crippen molar-refractivity contribution < 1.29 is 19.7 Å². The minimum atomic E-state index is -0.770. The Balaban J connectivity index is 0.850. The van der Waals surface area contributed by atoms with Gasteiger partial charge in [-0.2, -0.15) is 0 Å². The first-order valence-corrected chi connectivity index (χ1v) is 20.0. The van der Waals surface area contributed by atoms with Crippen LogP contribution in [0.15, 0.2) is 108 Å². The molecule has 1 amide bonds. The summed E-state index contributed by atoms with van der Waals surface area (Å²) in [6.45, 7) is 4.87. The zero-order valence-electron chi connectivity index (χ0n) is 31.6. The number of rotatable bonds is 17. The first kappa shape index (κ1) is 38.3. The number of hydrogen-bond acceptors (Lipinski definition) is 7. The predicted molar refractivity (Wildman–Crippen MR) is 217 cm³/mol. The van der Waals surface area contributed by atoms with E-state index in [4.69, 9.17) is 4.74 Å². The number of hydrogen-bond donors (Lipinski definition) is 5. The second kappa shape index (κ2) is 18.1. The number of aryl methyl sites for hydroxylation is 1. The van der Waals surface area contributed by atoms with Crippen LogP contribution in [0.25, 0.3) is 10.9 Å². The van der Waals surface area contributed by atoms with Crippen molar-refractivity contribution in [2.45, 2.75) is 76.0 Å². The molecule has 2 aliphatic rings. The fraction of sp³-hybridized carbons (Fsp3) is 0.391. The normalized spacial score (nSPS) is 17.9. The van der Waals surface area contributed by atoms with Crippen LogP contribution in [0.4, 0.5) is 0 Å². The molecule has 9 nitrogen and oxygen atoms in total. The molecule has 1 aliphatic heterocycles. The van der Waals surface area contributed by atoms with Crippen molar-refractivity contribution in [1.29, 1.82) is 0 Å². The molecule has 0 radical (unpaired) electrons. The number of ether oxygens (including phenoxy) is 1. The molecular formula is C46H54N4O5. The largest absolute Gasteiger partial charge is 0.506 e. The quantitative estimate of drug-likeness (QED) is 0.0630. The number of phenolic OH excluding ortho intramolecular Hbond substituents is 1. The predicted octanol–water partition coefficient (Wildman–Crippen LogP) is 7.37. The van der Waals surface area contributed by atoms with Gasteiger partial charge >= 0.3 is 0 Å². The smallest absolute Gasteiger partial charge is 0.252 e. The summed E-state index contributed by atoms with van der Waals surface area (Å²) in [5.74, 6) is 1.20. The van der Waals surface area contributed by atoms with E-state index < -0.39 is 6.10 Å². The number of amides is 1. The highest BCUT2D eigenvalue weighted by Gasteiger charge is 2.42. The Bertz CT molecular complexity index is 2090. The van der Waals surface area contributed by atoms with Gasteiger partial charge in [-0.25, -0.2) is 0 Å². The zero-order chi connectivity index (χ0) is 38.0. The second-order valence-corrected chi connectivity index (χ2v) is 15.4. The lowest BCUT2D eigenvalue weighted by Gasteiger charge is -2.39. The van der Waals surface area contributed by atoms with Crippen molar-refractivity contribution in [3.63, 3.8) is 0 Å². The van der Waals surface area contributed by atoms with Gasteiger partial charge in [0.05, 0.1) is 23.8 Å². The molecule has 7 rings (SSSR count). The number of likely N-dealkylation sites (tertiary alicyclic amines) is 1. The van der Waals surface area contributed by atoms with E-state index in [1.807, 2.05) is 24.3 Å². The molecule has 5 N–H and O–H groups in total. The molecule has 4 aromatic carbocycles. The number of piperidine rings is 1. The number of aliphatic hydroxyl groups is 1. The summed E-state index contributed by atoms with van der Waals surface area (Å²) in [6, 6.07) is 33.2. The van der Waals surface area contributed by atoms with Crippen LogP contribution in [-0.4, -0.2) is 58.8 Å². The molecule has 2 heterocycles. The Morgan fingerprint density at radius 1 is 0.909 bits per heavy atom. The number of benzene rings is 4. The van der Waals surface area contributed by atoms with E-state index in [1.165, 1.54) is 28.8 Å². The number of nitrogens with zero attached hydrogens (tertiary/aromatic N) is 1. The summed E-state index contributed by atoms with van der Waals surface area (Å²) < 4.78 is 6.11. The number of pyridine rings is 1. The van der Waals surface area contributed by atoms with Gasteiger partial charge in [0.2, 0.25) is 5.56 Å². The van der Waals surface area contributed by atoms with Crippen LogP contribution in [-0.2, 0) is 18.5 Å². The SMILES string of the molecule is O=C(NC1(CC2CCN(Cc3ccccc3)CC2)CCc2ccccc21)c1cccc(OCCCCCCNCC(O)c2ccc(O)c3[nH]c(=O)ccc23)c1. The van der Waals surface area contributed by atoms with Gasteiger partial charge in [-0.1, -0.05) is 79.6 Å². The Morgan fingerprint density at radius 3 is 2.56 bits per heavy atom. The monoisotopic (exact) mass is 742 g/mol. The van der Waals surface area contributed by atoms with E-state index in [0.29, 0.717) is 46.8 Å². The lowest BCUT2D eigenvalue weighted by molar-refractivity contribution is 0.0852. The van der Waals surface area contributed by atoms with Gasteiger partial charge in [-0.05, 0) is 123 Å². The van der Waals surface area contributed by atoms with Crippen LogP contribution in [0.2, 0.25) is 0 Å². The summed E-state index contributed by atoms with van der Waals surface area (Å²) in [6.07, 6.45) is 8.26. The molecule has 2 atom stereocenters.